The van der Waals surface area contributed by atoms with Gasteiger partial charge in [0.15, 0.2) is 0 Å². The van der Waals surface area contributed by atoms with Crippen LogP contribution < -0.4 is 5.32 Å². The van der Waals surface area contributed by atoms with Gasteiger partial charge in [0.25, 0.3) is 5.91 Å². The molecule has 0 aliphatic carbocycles. The van der Waals surface area contributed by atoms with Crippen molar-refractivity contribution in [3.8, 4) is 0 Å². The molecule has 0 aliphatic rings. The number of pyridine rings is 1. The third-order valence-corrected chi connectivity index (χ3v) is 1.74. The summed E-state index contributed by atoms with van der Waals surface area (Å²) in [6, 6.07) is 3.69. The zero-order valence-electron chi connectivity index (χ0n) is 7.86. The quantitative estimate of drug-likeness (QED) is 0.574. The predicted molar refractivity (Wildman–Crippen MR) is 55.4 cm³/mol. The molecular formula is C11H12N2O. The summed E-state index contributed by atoms with van der Waals surface area (Å²) in [5, 5.41) is 2.71. The van der Waals surface area contributed by atoms with Gasteiger partial charge in [0.05, 0.1) is 0 Å². The van der Waals surface area contributed by atoms with E-state index in [1.165, 1.54) is 6.08 Å². The molecule has 1 aromatic heterocycles. The van der Waals surface area contributed by atoms with Gasteiger partial charge in [-0.2, -0.15) is 0 Å². The number of amides is 1. The zero-order valence-corrected chi connectivity index (χ0v) is 7.86. The Labute approximate surface area is 83.2 Å². The van der Waals surface area contributed by atoms with Crippen LogP contribution in [0.15, 0.2) is 49.3 Å². The average molecular weight is 188 g/mol. The molecule has 0 spiro atoms. The van der Waals surface area contributed by atoms with Crippen LogP contribution in [0.2, 0.25) is 0 Å². The summed E-state index contributed by atoms with van der Waals surface area (Å²) in [6.45, 7) is 7.49. The van der Waals surface area contributed by atoms with Crippen LogP contribution in [0, 0.1) is 0 Å². The minimum absolute atomic E-state index is 0.197. The van der Waals surface area contributed by atoms with E-state index in [9.17, 15) is 4.79 Å². The summed E-state index contributed by atoms with van der Waals surface area (Å²) in [4.78, 5) is 15.1. The largest absolute Gasteiger partial charge is 0.348 e. The van der Waals surface area contributed by atoms with Gasteiger partial charge in [-0.1, -0.05) is 19.2 Å². The molecular weight excluding hydrogens is 176 g/mol. The van der Waals surface area contributed by atoms with E-state index in [0.29, 0.717) is 12.1 Å². The number of nitrogens with zero attached hydrogens (tertiary/aromatic N) is 1. The van der Waals surface area contributed by atoms with E-state index in [1.807, 2.05) is 12.1 Å². The topological polar surface area (TPSA) is 42.0 Å². The van der Waals surface area contributed by atoms with Crippen molar-refractivity contribution in [1.82, 2.24) is 10.3 Å². The molecule has 0 atom stereocenters. The normalized spacial score (nSPS) is 9.14. The van der Waals surface area contributed by atoms with Crippen LogP contribution in [0.5, 0.6) is 0 Å². The van der Waals surface area contributed by atoms with Crippen LogP contribution in [0.1, 0.15) is 5.56 Å². The summed E-state index contributed by atoms with van der Waals surface area (Å²) in [5.74, 6) is -0.197. The third kappa shape index (κ3) is 2.86. The van der Waals surface area contributed by atoms with E-state index >= 15 is 0 Å². The average Bonchev–Trinajstić information content (AvgIpc) is 2.26. The van der Waals surface area contributed by atoms with Gasteiger partial charge in [0.2, 0.25) is 0 Å². The molecule has 1 amide bonds. The lowest BCUT2D eigenvalue weighted by Crippen LogP contribution is -2.23. The van der Waals surface area contributed by atoms with Gasteiger partial charge in [0, 0.05) is 24.5 Å². The number of carbonyl (C=O) groups is 1. The van der Waals surface area contributed by atoms with Crippen molar-refractivity contribution in [3.05, 3.63) is 54.9 Å². The Kier molecular flexibility index (Phi) is 3.61. The molecule has 72 valence electrons. The standard InChI is InChI=1S/C11H12N2O/c1-3-9(2)11(14)13-8-10-4-6-12-7-5-10/h3-7H,1-2,8H2,(H,13,14). The van der Waals surface area contributed by atoms with E-state index in [-0.39, 0.29) is 5.91 Å². The van der Waals surface area contributed by atoms with Crippen molar-refractivity contribution in [2.75, 3.05) is 0 Å². The van der Waals surface area contributed by atoms with E-state index in [0.717, 1.165) is 5.56 Å². The SMILES string of the molecule is C=CC(=C)C(=O)NCc1ccncc1. The molecule has 0 aromatic carbocycles. The summed E-state index contributed by atoms with van der Waals surface area (Å²) < 4.78 is 0. The molecule has 0 saturated heterocycles. The highest BCUT2D eigenvalue weighted by atomic mass is 16.1. The highest BCUT2D eigenvalue weighted by molar-refractivity contribution is 5.95. The van der Waals surface area contributed by atoms with Crippen LogP contribution in [0.4, 0.5) is 0 Å². The van der Waals surface area contributed by atoms with Crippen molar-refractivity contribution < 1.29 is 4.79 Å². The molecule has 14 heavy (non-hydrogen) atoms. The second-order valence-electron chi connectivity index (χ2n) is 2.77. The van der Waals surface area contributed by atoms with Crippen molar-refractivity contribution in [2.24, 2.45) is 0 Å². The second-order valence-corrected chi connectivity index (χ2v) is 2.77. The maximum atomic E-state index is 11.2. The van der Waals surface area contributed by atoms with Crippen molar-refractivity contribution in [1.29, 1.82) is 0 Å². The fraction of sp³-hybridized carbons (Fsp3) is 0.0909. The van der Waals surface area contributed by atoms with E-state index < -0.39 is 0 Å². The first kappa shape index (κ1) is 10.2. The molecule has 1 rings (SSSR count). The smallest absolute Gasteiger partial charge is 0.250 e. The van der Waals surface area contributed by atoms with Crippen LogP contribution in [0.3, 0.4) is 0 Å². The van der Waals surface area contributed by atoms with Gasteiger partial charge in [-0.25, -0.2) is 0 Å². The first-order valence-electron chi connectivity index (χ1n) is 4.22. The van der Waals surface area contributed by atoms with Gasteiger partial charge in [0.1, 0.15) is 0 Å². The highest BCUT2D eigenvalue weighted by Gasteiger charge is 2.01. The Balaban J connectivity index is 2.46. The van der Waals surface area contributed by atoms with Crippen molar-refractivity contribution >= 4 is 5.91 Å². The van der Waals surface area contributed by atoms with Gasteiger partial charge >= 0.3 is 0 Å². The molecule has 0 fully saturated rings. The van der Waals surface area contributed by atoms with Gasteiger partial charge < -0.3 is 5.32 Å². The van der Waals surface area contributed by atoms with Crippen molar-refractivity contribution in [2.45, 2.75) is 6.54 Å². The summed E-state index contributed by atoms with van der Waals surface area (Å²) >= 11 is 0. The summed E-state index contributed by atoms with van der Waals surface area (Å²) in [5.41, 5.74) is 1.38. The highest BCUT2D eigenvalue weighted by Crippen LogP contribution is 1.96. The lowest BCUT2D eigenvalue weighted by molar-refractivity contribution is -0.117. The van der Waals surface area contributed by atoms with Crippen LogP contribution in [0.25, 0.3) is 0 Å². The van der Waals surface area contributed by atoms with Gasteiger partial charge in [-0.05, 0) is 17.7 Å². The second kappa shape index (κ2) is 4.97. The number of aromatic nitrogens is 1. The first-order valence-corrected chi connectivity index (χ1v) is 4.22. The molecule has 0 aliphatic heterocycles. The fourth-order valence-corrected chi connectivity index (χ4v) is 0.889. The van der Waals surface area contributed by atoms with Gasteiger partial charge in [-0.15, -0.1) is 0 Å². The maximum Gasteiger partial charge on any atom is 0.250 e. The third-order valence-electron chi connectivity index (χ3n) is 1.74. The maximum absolute atomic E-state index is 11.2. The van der Waals surface area contributed by atoms with Crippen LogP contribution in [-0.4, -0.2) is 10.9 Å². The molecule has 0 radical (unpaired) electrons. The Morgan fingerprint density at radius 1 is 1.50 bits per heavy atom. The molecule has 0 unspecified atom stereocenters. The van der Waals surface area contributed by atoms with Crippen LogP contribution >= 0.6 is 0 Å². The number of carbonyl (C=O) groups excluding carboxylic acids is 1. The molecule has 0 bridgehead atoms. The molecule has 0 saturated carbocycles. The molecule has 1 heterocycles. The van der Waals surface area contributed by atoms with E-state index in [2.05, 4.69) is 23.5 Å². The minimum atomic E-state index is -0.197. The lowest BCUT2D eigenvalue weighted by atomic mass is 10.2. The first-order chi connectivity index (χ1) is 6.74. The van der Waals surface area contributed by atoms with Crippen molar-refractivity contribution in [3.63, 3.8) is 0 Å². The van der Waals surface area contributed by atoms with E-state index in [1.54, 1.807) is 12.4 Å². The lowest BCUT2D eigenvalue weighted by Gasteiger charge is -2.03. The molecule has 1 N–H and O–H groups in total. The summed E-state index contributed by atoms with van der Waals surface area (Å²) in [6.07, 6.45) is 4.80. The number of hydrogen-bond acceptors (Lipinski definition) is 2. The number of rotatable bonds is 4. The fourth-order valence-electron chi connectivity index (χ4n) is 0.889. The zero-order chi connectivity index (χ0) is 10.4. The molecule has 1 aromatic rings. The van der Waals surface area contributed by atoms with Crippen LogP contribution in [-0.2, 0) is 11.3 Å². The van der Waals surface area contributed by atoms with Gasteiger partial charge in [-0.3, -0.25) is 9.78 Å². The Bertz CT molecular complexity index is 344. The van der Waals surface area contributed by atoms with E-state index in [4.69, 9.17) is 0 Å². The monoisotopic (exact) mass is 188 g/mol. The molecule has 3 nitrogen and oxygen atoms in total. The summed E-state index contributed by atoms with van der Waals surface area (Å²) in [7, 11) is 0. The Hall–Kier alpha value is -1.90. The minimum Gasteiger partial charge on any atom is -0.348 e. The number of hydrogen-bond donors (Lipinski definition) is 1. The Morgan fingerprint density at radius 2 is 2.14 bits per heavy atom. The Morgan fingerprint density at radius 3 is 2.71 bits per heavy atom. The number of nitrogens with one attached hydrogen (secondary N) is 1. The predicted octanol–water partition coefficient (Wildman–Crippen LogP) is 1.44. The molecule has 3 heteroatoms.